The van der Waals surface area contributed by atoms with Gasteiger partial charge in [0.2, 0.25) is 0 Å². The molecule has 0 heterocycles. The lowest BCUT2D eigenvalue weighted by Crippen LogP contribution is -2.25. The lowest BCUT2D eigenvalue weighted by molar-refractivity contribution is 0.206. The average Bonchev–Trinajstić information content (AvgIpc) is 3.23. The standard InChI is InChI=1S/C24H32/c1-2-3-8-20(24-16-15-19-10-5-7-12-23(19)24)17-21-14-13-18-9-4-6-11-22(18)21/h2,4-7,9-12,18-24H,1,3,8,13-17H2. The van der Waals surface area contributed by atoms with Crippen molar-refractivity contribution < 1.29 is 0 Å². The topological polar surface area (TPSA) is 0 Å². The molecule has 24 heavy (non-hydrogen) atoms. The number of fused-ring (bicyclic) bond motifs is 2. The Labute approximate surface area is 148 Å². The summed E-state index contributed by atoms with van der Waals surface area (Å²) in [6.07, 6.45) is 30.9. The van der Waals surface area contributed by atoms with Crippen LogP contribution < -0.4 is 0 Å². The van der Waals surface area contributed by atoms with Crippen molar-refractivity contribution in [3.05, 3.63) is 61.3 Å². The van der Waals surface area contributed by atoms with Gasteiger partial charge in [-0.3, -0.25) is 0 Å². The van der Waals surface area contributed by atoms with Gasteiger partial charge in [0.15, 0.2) is 0 Å². The van der Waals surface area contributed by atoms with Crippen molar-refractivity contribution in [2.75, 3.05) is 0 Å². The van der Waals surface area contributed by atoms with E-state index in [0.717, 1.165) is 41.4 Å². The van der Waals surface area contributed by atoms with Crippen molar-refractivity contribution in [2.45, 2.75) is 44.9 Å². The van der Waals surface area contributed by atoms with Crippen LogP contribution in [0.3, 0.4) is 0 Å². The molecule has 0 bridgehead atoms. The van der Waals surface area contributed by atoms with E-state index in [2.05, 4.69) is 61.3 Å². The summed E-state index contributed by atoms with van der Waals surface area (Å²) in [5, 5.41) is 0. The number of hydrogen-bond acceptors (Lipinski definition) is 0. The molecule has 4 aliphatic rings. The molecule has 0 aromatic rings. The Bertz CT molecular complexity index is 561. The maximum absolute atomic E-state index is 3.99. The maximum Gasteiger partial charge on any atom is -0.0136 e. The molecule has 0 spiro atoms. The Kier molecular flexibility index (Phi) is 4.92. The van der Waals surface area contributed by atoms with Gasteiger partial charge in [-0.2, -0.15) is 0 Å². The molecule has 0 saturated heterocycles. The lowest BCUT2D eigenvalue weighted by atomic mass is 9.72. The minimum atomic E-state index is 0.809. The van der Waals surface area contributed by atoms with E-state index in [4.69, 9.17) is 0 Å². The molecule has 0 radical (unpaired) electrons. The second kappa shape index (κ2) is 7.30. The Morgan fingerprint density at radius 3 is 2.29 bits per heavy atom. The van der Waals surface area contributed by atoms with Crippen LogP contribution in [0.1, 0.15) is 44.9 Å². The summed E-state index contributed by atoms with van der Waals surface area (Å²) >= 11 is 0. The fraction of sp³-hybridized carbons (Fsp3) is 0.583. The van der Waals surface area contributed by atoms with Gasteiger partial charge in [0.25, 0.3) is 0 Å². The number of hydrogen-bond donors (Lipinski definition) is 0. The van der Waals surface area contributed by atoms with Crippen LogP contribution in [0.5, 0.6) is 0 Å². The second-order valence-corrected chi connectivity index (χ2v) is 8.46. The first-order chi connectivity index (χ1) is 11.9. The normalized spacial score (nSPS) is 40.5. The molecule has 2 saturated carbocycles. The molecule has 0 amide bonds. The molecular formula is C24H32. The fourth-order valence-electron chi connectivity index (χ4n) is 6.11. The zero-order chi connectivity index (χ0) is 16.4. The van der Waals surface area contributed by atoms with Gasteiger partial charge in [-0.25, -0.2) is 0 Å². The molecule has 4 rings (SSSR count). The third kappa shape index (κ3) is 3.13. The summed E-state index contributed by atoms with van der Waals surface area (Å²) in [5.41, 5.74) is 0. The third-order valence-corrected chi connectivity index (χ3v) is 7.29. The quantitative estimate of drug-likeness (QED) is 0.490. The summed E-state index contributed by atoms with van der Waals surface area (Å²) in [7, 11) is 0. The van der Waals surface area contributed by atoms with Gasteiger partial charge in [0.05, 0.1) is 0 Å². The predicted molar refractivity (Wildman–Crippen MR) is 104 cm³/mol. The highest BCUT2D eigenvalue weighted by Gasteiger charge is 2.41. The Hall–Kier alpha value is -1.30. The van der Waals surface area contributed by atoms with Gasteiger partial charge in [-0.1, -0.05) is 54.7 Å². The highest BCUT2D eigenvalue weighted by Crippen LogP contribution is 2.50. The van der Waals surface area contributed by atoms with Crippen LogP contribution in [-0.2, 0) is 0 Å². The van der Waals surface area contributed by atoms with Gasteiger partial charge < -0.3 is 0 Å². The van der Waals surface area contributed by atoms with Crippen LogP contribution in [0.15, 0.2) is 61.3 Å². The van der Waals surface area contributed by atoms with Crippen molar-refractivity contribution in [1.82, 2.24) is 0 Å². The summed E-state index contributed by atoms with van der Waals surface area (Å²) in [4.78, 5) is 0. The minimum absolute atomic E-state index is 0.809. The first kappa shape index (κ1) is 16.2. The molecule has 0 N–H and O–H groups in total. The van der Waals surface area contributed by atoms with Crippen LogP contribution in [0.4, 0.5) is 0 Å². The Balaban J connectivity index is 1.47. The van der Waals surface area contributed by atoms with E-state index in [0.29, 0.717) is 0 Å². The van der Waals surface area contributed by atoms with E-state index in [-0.39, 0.29) is 0 Å². The van der Waals surface area contributed by atoms with Crippen LogP contribution in [0, 0.1) is 41.4 Å². The second-order valence-electron chi connectivity index (χ2n) is 8.46. The molecule has 2 fully saturated rings. The number of rotatable bonds is 6. The minimum Gasteiger partial charge on any atom is -0.103 e. The van der Waals surface area contributed by atoms with Gasteiger partial charge in [-0.15, -0.1) is 6.58 Å². The van der Waals surface area contributed by atoms with Gasteiger partial charge in [0.1, 0.15) is 0 Å². The summed E-state index contributed by atoms with van der Waals surface area (Å²) in [6, 6.07) is 0. The largest absolute Gasteiger partial charge is 0.103 e. The van der Waals surface area contributed by atoms with Crippen molar-refractivity contribution in [1.29, 1.82) is 0 Å². The molecule has 128 valence electrons. The smallest absolute Gasteiger partial charge is 0.0136 e. The van der Waals surface area contributed by atoms with Crippen LogP contribution in [0.2, 0.25) is 0 Å². The summed E-state index contributed by atoms with van der Waals surface area (Å²) in [5.74, 6) is 5.97. The molecule has 4 aliphatic carbocycles. The summed E-state index contributed by atoms with van der Waals surface area (Å²) < 4.78 is 0. The molecular weight excluding hydrogens is 288 g/mol. The van der Waals surface area contributed by atoms with E-state index in [1.54, 1.807) is 0 Å². The lowest BCUT2D eigenvalue weighted by Gasteiger charge is -2.33. The fourth-order valence-corrected chi connectivity index (χ4v) is 6.11. The van der Waals surface area contributed by atoms with Crippen LogP contribution in [-0.4, -0.2) is 0 Å². The average molecular weight is 321 g/mol. The van der Waals surface area contributed by atoms with Gasteiger partial charge in [-0.05, 0) is 86.4 Å². The van der Waals surface area contributed by atoms with E-state index in [1.165, 1.54) is 44.9 Å². The molecule has 0 aromatic carbocycles. The molecule has 0 nitrogen and oxygen atoms in total. The van der Waals surface area contributed by atoms with Crippen molar-refractivity contribution in [2.24, 2.45) is 41.4 Å². The molecule has 0 aromatic heterocycles. The first-order valence-electron chi connectivity index (χ1n) is 10.2. The zero-order valence-electron chi connectivity index (χ0n) is 14.9. The predicted octanol–water partition coefficient (Wildman–Crippen LogP) is 6.50. The van der Waals surface area contributed by atoms with E-state index in [1.807, 2.05) is 0 Å². The van der Waals surface area contributed by atoms with Crippen LogP contribution in [0.25, 0.3) is 0 Å². The first-order valence-corrected chi connectivity index (χ1v) is 10.2. The van der Waals surface area contributed by atoms with E-state index < -0.39 is 0 Å². The van der Waals surface area contributed by atoms with Crippen molar-refractivity contribution >= 4 is 0 Å². The SMILES string of the molecule is C=CCCC(CC1CCC2C=CC=CC21)C1CCC2C=CC=CC21. The van der Waals surface area contributed by atoms with Crippen LogP contribution >= 0.6 is 0 Å². The molecule has 7 unspecified atom stereocenters. The monoisotopic (exact) mass is 320 g/mol. The molecule has 0 aliphatic heterocycles. The van der Waals surface area contributed by atoms with Crippen molar-refractivity contribution in [3.63, 3.8) is 0 Å². The van der Waals surface area contributed by atoms with E-state index in [9.17, 15) is 0 Å². The Morgan fingerprint density at radius 2 is 1.50 bits per heavy atom. The number of allylic oxidation sites excluding steroid dienone is 9. The van der Waals surface area contributed by atoms with Crippen molar-refractivity contribution in [3.8, 4) is 0 Å². The highest BCUT2D eigenvalue weighted by atomic mass is 14.5. The third-order valence-electron chi connectivity index (χ3n) is 7.29. The molecule has 0 heteroatoms. The highest BCUT2D eigenvalue weighted by molar-refractivity contribution is 5.19. The summed E-state index contributed by atoms with van der Waals surface area (Å²) in [6.45, 7) is 3.99. The van der Waals surface area contributed by atoms with Gasteiger partial charge in [0, 0.05) is 0 Å². The maximum atomic E-state index is 3.99. The molecule has 7 atom stereocenters. The zero-order valence-corrected chi connectivity index (χ0v) is 14.9. The van der Waals surface area contributed by atoms with E-state index >= 15 is 0 Å². The Morgan fingerprint density at radius 1 is 0.833 bits per heavy atom. The van der Waals surface area contributed by atoms with Gasteiger partial charge >= 0.3 is 0 Å².